The van der Waals surface area contributed by atoms with Crippen LogP contribution in [0, 0.1) is 12.7 Å². The molecule has 12 heteroatoms. The lowest BCUT2D eigenvalue weighted by Crippen LogP contribution is -2.22. The topological polar surface area (TPSA) is 106 Å². The molecule has 4 aromatic heterocycles. The van der Waals surface area contributed by atoms with Gasteiger partial charge in [-0.1, -0.05) is 23.7 Å². The summed E-state index contributed by atoms with van der Waals surface area (Å²) in [7, 11) is 1.51. The highest BCUT2D eigenvalue weighted by Gasteiger charge is 2.45. The van der Waals surface area contributed by atoms with Gasteiger partial charge in [0.1, 0.15) is 5.82 Å². The third kappa shape index (κ3) is 4.89. The lowest BCUT2D eigenvalue weighted by Gasteiger charge is -2.19. The molecule has 0 radical (unpaired) electrons. The second kappa shape index (κ2) is 12.1. The molecular weight excluding hydrogens is 699 g/mol. The third-order valence-electron chi connectivity index (χ3n) is 11.3. The summed E-state index contributed by atoms with van der Waals surface area (Å²) in [5, 5.41) is 14.2. The van der Waals surface area contributed by atoms with Gasteiger partial charge in [-0.05, 0) is 103 Å². The van der Waals surface area contributed by atoms with Gasteiger partial charge < -0.3 is 19.4 Å². The Hall–Kier alpha value is -4.87. The Kier molecular flexibility index (Phi) is 7.41. The largest absolute Gasteiger partial charge is 0.493 e. The summed E-state index contributed by atoms with van der Waals surface area (Å²) in [5.41, 5.74) is 8.34. The van der Waals surface area contributed by atoms with Crippen LogP contribution < -0.4 is 10.1 Å². The molecule has 6 heterocycles. The predicted octanol–water partition coefficient (Wildman–Crippen LogP) is 9.18. The van der Waals surface area contributed by atoms with Crippen LogP contribution in [-0.4, -0.2) is 44.6 Å². The van der Waals surface area contributed by atoms with Gasteiger partial charge in [-0.15, -0.1) is 21.5 Å². The highest BCUT2D eigenvalue weighted by Crippen LogP contribution is 2.52. The van der Waals surface area contributed by atoms with E-state index in [1.165, 1.54) is 24.3 Å². The number of ether oxygens (including phenoxy) is 1. The van der Waals surface area contributed by atoms with E-state index < -0.39 is 0 Å². The van der Waals surface area contributed by atoms with Crippen LogP contribution in [0.2, 0.25) is 5.02 Å². The highest BCUT2D eigenvalue weighted by molar-refractivity contribution is 7.23. The first-order valence-electron chi connectivity index (χ1n) is 17.8. The molecule has 1 amide bonds. The predicted molar refractivity (Wildman–Crippen MR) is 198 cm³/mol. The Balaban J connectivity index is 1.14. The van der Waals surface area contributed by atoms with E-state index in [4.69, 9.17) is 30.7 Å². The van der Waals surface area contributed by atoms with Crippen molar-refractivity contribution < 1.29 is 18.3 Å². The zero-order valence-corrected chi connectivity index (χ0v) is 30.2. The van der Waals surface area contributed by atoms with E-state index in [1.54, 1.807) is 24.5 Å². The number of carbonyl (C=O) groups excluding carboxylic acids is 1. The van der Waals surface area contributed by atoms with Crippen LogP contribution >= 0.6 is 22.9 Å². The molecule has 52 heavy (non-hydrogen) atoms. The molecule has 0 bridgehead atoms. The smallest absolute Gasteiger partial charge is 0.257 e. The number of anilines is 1. The van der Waals surface area contributed by atoms with Gasteiger partial charge in [-0.3, -0.25) is 9.78 Å². The van der Waals surface area contributed by atoms with E-state index in [2.05, 4.69) is 33.7 Å². The number of nitrogens with one attached hydrogen (secondary N) is 1. The fraction of sp³-hybridized carbons (Fsp3) is 0.325. The normalized spacial score (nSPS) is 20.0. The van der Waals surface area contributed by atoms with Gasteiger partial charge >= 0.3 is 0 Å². The first-order valence-corrected chi connectivity index (χ1v) is 19.0. The molecular formula is C40H34ClFN6O3S. The molecule has 2 aliphatic carbocycles. The molecule has 1 unspecified atom stereocenters. The Morgan fingerprint density at radius 2 is 1.94 bits per heavy atom. The fourth-order valence-corrected chi connectivity index (χ4v) is 10.4. The van der Waals surface area contributed by atoms with Crippen molar-refractivity contribution in [2.24, 2.45) is 0 Å². The minimum atomic E-state index is -0.349. The maximum absolute atomic E-state index is 14.5. The number of nitrogens with zero attached hydrogens (tertiary/aromatic N) is 5. The number of methoxy groups -OCH3 is 1. The molecule has 9 nitrogen and oxygen atoms in total. The van der Waals surface area contributed by atoms with Crippen molar-refractivity contribution in [3.63, 3.8) is 0 Å². The summed E-state index contributed by atoms with van der Waals surface area (Å²) >= 11 is 7.98. The first kappa shape index (κ1) is 31.8. The van der Waals surface area contributed by atoms with Gasteiger partial charge in [0.05, 0.1) is 46.4 Å². The van der Waals surface area contributed by atoms with E-state index in [9.17, 15) is 9.18 Å². The molecule has 0 saturated carbocycles. The van der Waals surface area contributed by atoms with Gasteiger partial charge in [-0.25, -0.2) is 9.37 Å². The molecule has 2 aliphatic heterocycles. The second-order valence-electron chi connectivity index (χ2n) is 14.2. The van der Waals surface area contributed by atoms with Crippen molar-refractivity contribution in [1.82, 2.24) is 25.1 Å². The van der Waals surface area contributed by atoms with E-state index in [-0.39, 0.29) is 29.7 Å². The molecule has 1 fully saturated rings. The Morgan fingerprint density at radius 3 is 2.79 bits per heavy atom. The van der Waals surface area contributed by atoms with Gasteiger partial charge in [0.15, 0.2) is 11.6 Å². The molecule has 6 aromatic rings. The summed E-state index contributed by atoms with van der Waals surface area (Å²) < 4.78 is 27.1. The molecule has 1 N–H and O–H groups in total. The number of carbonyl (C=O) groups is 1. The van der Waals surface area contributed by atoms with Crippen molar-refractivity contribution in [3.8, 4) is 27.6 Å². The maximum atomic E-state index is 14.5. The van der Waals surface area contributed by atoms with Crippen LogP contribution in [-0.2, 0) is 19.3 Å². The van der Waals surface area contributed by atoms with Crippen LogP contribution in [0.5, 0.6) is 5.75 Å². The van der Waals surface area contributed by atoms with E-state index in [0.717, 1.165) is 91.5 Å². The highest BCUT2D eigenvalue weighted by atomic mass is 35.5. The Morgan fingerprint density at radius 1 is 1.06 bits per heavy atom. The van der Waals surface area contributed by atoms with Crippen LogP contribution in [0.3, 0.4) is 0 Å². The van der Waals surface area contributed by atoms with Crippen molar-refractivity contribution in [2.45, 2.75) is 69.9 Å². The van der Waals surface area contributed by atoms with Gasteiger partial charge in [0.25, 0.3) is 5.91 Å². The quantitative estimate of drug-likeness (QED) is 0.173. The zero-order valence-electron chi connectivity index (χ0n) is 28.6. The van der Waals surface area contributed by atoms with Crippen LogP contribution in [0.4, 0.5) is 10.2 Å². The van der Waals surface area contributed by atoms with Crippen LogP contribution in [0.25, 0.3) is 32.0 Å². The number of amides is 1. The molecule has 3 atom stereocenters. The number of benzene rings is 2. The number of hydrogen-bond acceptors (Lipinski definition) is 9. The second-order valence-corrected chi connectivity index (χ2v) is 15.7. The van der Waals surface area contributed by atoms with Crippen molar-refractivity contribution in [3.05, 3.63) is 105 Å². The van der Waals surface area contributed by atoms with Crippen molar-refractivity contribution in [1.29, 1.82) is 0 Å². The molecule has 2 aromatic carbocycles. The number of halogens is 2. The summed E-state index contributed by atoms with van der Waals surface area (Å²) in [6.07, 6.45) is 7.73. The Bertz CT molecular complexity index is 2460. The van der Waals surface area contributed by atoms with Gasteiger partial charge in [0.2, 0.25) is 11.8 Å². The average Bonchev–Trinajstić information content (AvgIpc) is 3.99. The summed E-state index contributed by atoms with van der Waals surface area (Å²) in [6.45, 7) is 2.49. The number of pyridine rings is 2. The summed E-state index contributed by atoms with van der Waals surface area (Å²) in [5.74, 6) is 1.75. The number of fused-ring (bicyclic) bond motifs is 6. The summed E-state index contributed by atoms with van der Waals surface area (Å²) in [4.78, 5) is 27.4. The molecule has 4 aliphatic rings. The van der Waals surface area contributed by atoms with Gasteiger partial charge in [-0.2, -0.15) is 0 Å². The third-order valence-corrected chi connectivity index (χ3v) is 12.7. The zero-order chi connectivity index (χ0) is 35.2. The number of thiophene rings is 1. The average molecular weight is 733 g/mol. The number of aromatic nitrogens is 4. The minimum Gasteiger partial charge on any atom is -0.493 e. The van der Waals surface area contributed by atoms with Crippen LogP contribution in [0.15, 0.2) is 53.1 Å². The lowest BCUT2D eigenvalue weighted by molar-refractivity contribution is 0.0776. The maximum Gasteiger partial charge on any atom is 0.257 e. The Labute approximate surface area is 308 Å². The van der Waals surface area contributed by atoms with Crippen molar-refractivity contribution >= 4 is 44.7 Å². The van der Waals surface area contributed by atoms with Crippen molar-refractivity contribution in [2.75, 3.05) is 19.0 Å². The number of aryl methyl sites for hydroxylation is 2. The van der Waals surface area contributed by atoms with E-state index >= 15 is 0 Å². The van der Waals surface area contributed by atoms with Gasteiger partial charge in [0, 0.05) is 40.7 Å². The SMILES string of the molecule is COc1c(F)ccc2c1CC[C@H]2Nc1nccc2cc(-c3c4c(nc(C[C@H]5CCc6cc(Cl)ccc65)c3-c3nnc(C)o3)C3CCCN3C4=O)sc12. The first-order chi connectivity index (χ1) is 25.4. The molecule has 10 rings (SSSR count). The molecule has 0 spiro atoms. The summed E-state index contributed by atoms with van der Waals surface area (Å²) in [6, 6.07) is 13.5. The standard InChI is InChI=1S/C40H34ClFN6O3S/c1-19-46-47-39(51-19)32-29(17-21-6-5-20-16-23(41)7-8-24(20)21)44-35-30-4-3-15-48(30)40(49)34(35)33(32)31-18-22-13-14-43-38(37(22)52-31)45-28-12-10-26-25(28)9-11-27(42)36(26)50-2/h7-9,11,13-14,16,18,21,28,30H,3-6,10,12,15,17H2,1-2H3,(H,43,45)/t21-,28-,30?/m1/s1. The van der Waals surface area contributed by atoms with Crippen LogP contribution in [0.1, 0.15) is 93.6 Å². The monoisotopic (exact) mass is 732 g/mol. The molecule has 1 saturated heterocycles. The number of rotatable bonds is 7. The minimum absolute atomic E-state index is 0.00237. The number of hydrogen-bond donors (Lipinski definition) is 1. The molecule has 262 valence electrons. The lowest BCUT2D eigenvalue weighted by atomic mass is 9.89. The fourth-order valence-electron chi connectivity index (χ4n) is 9.06. The van der Waals surface area contributed by atoms with E-state index in [1.807, 2.05) is 23.1 Å². The van der Waals surface area contributed by atoms with E-state index in [0.29, 0.717) is 42.5 Å².